The van der Waals surface area contributed by atoms with E-state index in [1.54, 1.807) is 0 Å². The molecule has 0 aromatic heterocycles. The topological polar surface area (TPSA) is 67.6 Å². The van der Waals surface area contributed by atoms with Gasteiger partial charge in [0.2, 0.25) is 5.91 Å². The molecule has 1 aromatic carbocycles. The Bertz CT molecular complexity index is 588. The van der Waals surface area contributed by atoms with Gasteiger partial charge in [-0.25, -0.2) is 0 Å². The van der Waals surface area contributed by atoms with E-state index in [-0.39, 0.29) is 18.1 Å². The van der Waals surface area contributed by atoms with Crippen molar-refractivity contribution in [2.24, 2.45) is 5.73 Å². The number of nitrogens with two attached hydrogens (primary N) is 1. The van der Waals surface area contributed by atoms with Crippen LogP contribution >= 0.6 is 0 Å². The molecule has 1 aliphatic carbocycles. The number of ether oxygens (including phenoxy) is 1. The van der Waals surface area contributed by atoms with E-state index >= 15 is 0 Å². The van der Waals surface area contributed by atoms with Crippen molar-refractivity contribution in [3.63, 3.8) is 0 Å². The van der Waals surface area contributed by atoms with E-state index in [9.17, 15) is 4.79 Å². The van der Waals surface area contributed by atoms with Crippen molar-refractivity contribution in [2.75, 3.05) is 13.1 Å². The summed E-state index contributed by atoms with van der Waals surface area (Å²) in [4.78, 5) is 14.9. The quantitative estimate of drug-likeness (QED) is 0.858. The minimum absolute atomic E-state index is 0.00609. The molecule has 0 spiro atoms. The van der Waals surface area contributed by atoms with E-state index < -0.39 is 5.54 Å². The number of carbonyl (C=O) groups excluding carboxylic acids is 1. The molecule has 3 rings (SSSR count). The van der Waals surface area contributed by atoms with Crippen molar-refractivity contribution in [2.45, 2.75) is 70.4 Å². The van der Waals surface area contributed by atoms with Gasteiger partial charge in [-0.2, -0.15) is 0 Å². The average molecular weight is 345 g/mol. The lowest BCUT2D eigenvalue weighted by molar-refractivity contribution is -0.126. The maximum Gasteiger partial charge on any atom is 0.240 e. The van der Waals surface area contributed by atoms with E-state index in [0.29, 0.717) is 6.54 Å². The van der Waals surface area contributed by atoms with E-state index in [4.69, 9.17) is 10.5 Å². The summed E-state index contributed by atoms with van der Waals surface area (Å²) in [5.74, 6) is -0.00609. The summed E-state index contributed by atoms with van der Waals surface area (Å²) in [6, 6.07) is 8.35. The van der Waals surface area contributed by atoms with Crippen LogP contribution in [0, 0.1) is 0 Å². The molecule has 2 fully saturated rings. The molecule has 1 aliphatic heterocycles. The Labute approximate surface area is 150 Å². The predicted molar refractivity (Wildman–Crippen MR) is 99.0 cm³/mol. The third-order valence-electron chi connectivity index (χ3n) is 5.39. The molecule has 1 heterocycles. The van der Waals surface area contributed by atoms with Gasteiger partial charge in [-0.1, -0.05) is 37.1 Å². The van der Waals surface area contributed by atoms with Crippen molar-refractivity contribution in [1.82, 2.24) is 10.2 Å². The molecule has 2 unspecified atom stereocenters. The normalized spacial score (nSPS) is 26.5. The van der Waals surface area contributed by atoms with E-state index in [2.05, 4.69) is 42.3 Å². The van der Waals surface area contributed by atoms with Crippen LogP contribution in [0.1, 0.15) is 50.7 Å². The second-order valence-electron chi connectivity index (χ2n) is 7.77. The van der Waals surface area contributed by atoms with E-state index in [1.165, 1.54) is 11.1 Å². The SMILES string of the molecule is CC1CN(Cc2ccccc2CNC(=O)C2(N)CCCC2)CC(C)O1. The minimum Gasteiger partial charge on any atom is -0.373 e. The second-order valence-corrected chi connectivity index (χ2v) is 7.77. The summed E-state index contributed by atoms with van der Waals surface area (Å²) in [7, 11) is 0. The summed E-state index contributed by atoms with van der Waals surface area (Å²) in [6.45, 7) is 7.56. The van der Waals surface area contributed by atoms with Gasteiger partial charge in [0.05, 0.1) is 17.7 Å². The number of benzene rings is 1. The molecule has 2 aliphatic rings. The standard InChI is InChI=1S/C20H31N3O2/c1-15-12-23(13-16(2)25-15)14-18-8-4-3-7-17(18)11-22-19(24)20(21)9-5-6-10-20/h3-4,7-8,15-16H,5-6,9-14,21H2,1-2H3,(H,22,24). The highest BCUT2D eigenvalue weighted by Crippen LogP contribution is 2.27. The number of hydrogen-bond acceptors (Lipinski definition) is 4. The molecular formula is C20H31N3O2. The van der Waals surface area contributed by atoms with Crippen LogP contribution in [0.25, 0.3) is 0 Å². The zero-order valence-electron chi connectivity index (χ0n) is 15.5. The van der Waals surface area contributed by atoms with Gasteiger partial charge in [-0.3, -0.25) is 9.69 Å². The van der Waals surface area contributed by atoms with Gasteiger partial charge in [-0.15, -0.1) is 0 Å². The van der Waals surface area contributed by atoms with Crippen LogP contribution in [0.15, 0.2) is 24.3 Å². The molecule has 5 heteroatoms. The zero-order valence-corrected chi connectivity index (χ0v) is 15.5. The van der Waals surface area contributed by atoms with E-state index in [1.807, 2.05) is 6.07 Å². The summed E-state index contributed by atoms with van der Waals surface area (Å²) < 4.78 is 5.82. The molecule has 3 N–H and O–H groups in total. The summed E-state index contributed by atoms with van der Waals surface area (Å²) >= 11 is 0. The molecule has 1 saturated carbocycles. The van der Waals surface area contributed by atoms with Crippen LogP contribution in [0.3, 0.4) is 0 Å². The fourth-order valence-corrected chi connectivity index (χ4v) is 4.12. The Morgan fingerprint density at radius 2 is 1.80 bits per heavy atom. The molecule has 0 radical (unpaired) electrons. The average Bonchev–Trinajstić information content (AvgIpc) is 3.01. The highest BCUT2D eigenvalue weighted by molar-refractivity contribution is 5.86. The number of rotatable bonds is 5. The third-order valence-corrected chi connectivity index (χ3v) is 5.39. The molecule has 0 bridgehead atoms. The lowest BCUT2D eigenvalue weighted by Crippen LogP contribution is -2.51. The monoisotopic (exact) mass is 345 g/mol. The predicted octanol–water partition coefficient (Wildman–Crippen LogP) is 2.18. The Hall–Kier alpha value is -1.43. The Balaban J connectivity index is 1.62. The van der Waals surface area contributed by atoms with Gasteiger partial charge in [0.1, 0.15) is 0 Å². The fourth-order valence-electron chi connectivity index (χ4n) is 4.12. The number of amides is 1. The smallest absolute Gasteiger partial charge is 0.240 e. The first-order chi connectivity index (χ1) is 12.0. The summed E-state index contributed by atoms with van der Waals surface area (Å²) in [5.41, 5.74) is 8.02. The maximum absolute atomic E-state index is 12.5. The molecule has 5 nitrogen and oxygen atoms in total. The van der Waals surface area contributed by atoms with Crippen LogP contribution < -0.4 is 11.1 Å². The molecule has 1 aromatic rings. The first kappa shape index (κ1) is 18.4. The summed E-state index contributed by atoms with van der Waals surface area (Å²) in [6.07, 6.45) is 4.21. The lowest BCUT2D eigenvalue weighted by atomic mass is 9.97. The number of nitrogens with one attached hydrogen (secondary N) is 1. The first-order valence-corrected chi connectivity index (χ1v) is 9.48. The van der Waals surface area contributed by atoms with Crippen LogP contribution in [0.4, 0.5) is 0 Å². The Kier molecular flexibility index (Phi) is 5.77. The van der Waals surface area contributed by atoms with Crippen molar-refractivity contribution in [1.29, 1.82) is 0 Å². The van der Waals surface area contributed by atoms with Crippen LogP contribution in [0.2, 0.25) is 0 Å². The number of nitrogens with zero attached hydrogens (tertiary/aromatic N) is 1. The van der Waals surface area contributed by atoms with Gasteiger partial charge >= 0.3 is 0 Å². The van der Waals surface area contributed by atoms with Crippen LogP contribution in [-0.2, 0) is 22.6 Å². The first-order valence-electron chi connectivity index (χ1n) is 9.48. The third kappa shape index (κ3) is 4.60. The van der Waals surface area contributed by atoms with Crippen molar-refractivity contribution in [3.8, 4) is 0 Å². The molecular weight excluding hydrogens is 314 g/mol. The van der Waals surface area contributed by atoms with Gasteiger partial charge in [0.15, 0.2) is 0 Å². The zero-order chi connectivity index (χ0) is 17.9. The number of carbonyl (C=O) groups is 1. The highest BCUT2D eigenvalue weighted by Gasteiger charge is 2.36. The highest BCUT2D eigenvalue weighted by atomic mass is 16.5. The lowest BCUT2D eigenvalue weighted by Gasteiger charge is -2.35. The maximum atomic E-state index is 12.5. The number of hydrogen-bond donors (Lipinski definition) is 2. The number of morpholine rings is 1. The Morgan fingerprint density at radius 1 is 1.20 bits per heavy atom. The van der Waals surface area contributed by atoms with Crippen molar-refractivity contribution < 1.29 is 9.53 Å². The second kappa shape index (κ2) is 7.85. The van der Waals surface area contributed by atoms with Crippen LogP contribution in [0.5, 0.6) is 0 Å². The molecule has 2 atom stereocenters. The van der Waals surface area contributed by atoms with Gasteiger partial charge in [0, 0.05) is 26.2 Å². The molecule has 1 saturated heterocycles. The fraction of sp³-hybridized carbons (Fsp3) is 0.650. The molecule has 138 valence electrons. The Morgan fingerprint density at radius 3 is 2.44 bits per heavy atom. The van der Waals surface area contributed by atoms with Gasteiger partial charge in [-0.05, 0) is 37.8 Å². The van der Waals surface area contributed by atoms with Crippen molar-refractivity contribution >= 4 is 5.91 Å². The minimum atomic E-state index is -0.663. The molecule has 25 heavy (non-hydrogen) atoms. The van der Waals surface area contributed by atoms with E-state index in [0.717, 1.165) is 45.3 Å². The molecule has 1 amide bonds. The summed E-state index contributed by atoms with van der Waals surface area (Å²) in [5, 5.41) is 3.07. The van der Waals surface area contributed by atoms with Crippen LogP contribution in [-0.4, -0.2) is 41.6 Å². The van der Waals surface area contributed by atoms with Gasteiger partial charge < -0.3 is 15.8 Å². The van der Waals surface area contributed by atoms with Crippen molar-refractivity contribution in [3.05, 3.63) is 35.4 Å². The van der Waals surface area contributed by atoms with Gasteiger partial charge in [0.25, 0.3) is 0 Å². The largest absolute Gasteiger partial charge is 0.373 e.